The van der Waals surface area contributed by atoms with E-state index in [0.717, 1.165) is 18.2 Å². The molecule has 2 amide bonds. The zero-order valence-corrected chi connectivity index (χ0v) is 15.1. The van der Waals surface area contributed by atoms with Crippen molar-refractivity contribution in [3.05, 3.63) is 46.2 Å². The quantitative estimate of drug-likeness (QED) is 0.665. The Balaban J connectivity index is 2.06. The van der Waals surface area contributed by atoms with Crippen molar-refractivity contribution in [1.29, 1.82) is 0 Å². The van der Waals surface area contributed by atoms with E-state index in [1.807, 2.05) is 0 Å². The van der Waals surface area contributed by atoms with E-state index in [4.69, 9.17) is 9.47 Å². The van der Waals surface area contributed by atoms with E-state index in [0.29, 0.717) is 4.88 Å². The van der Waals surface area contributed by atoms with Gasteiger partial charge in [-0.3, -0.25) is 9.59 Å². The second-order valence-electron chi connectivity index (χ2n) is 5.26. The van der Waals surface area contributed by atoms with Crippen molar-refractivity contribution < 1.29 is 32.2 Å². The van der Waals surface area contributed by atoms with Crippen LogP contribution in [0.4, 0.5) is 18.9 Å². The van der Waals surface area contributed by atoms with Gasteiger partial charge in [-0.15, -0.1) is 11.3 Å². The first-order chi connectivity index (χ1) is 12.8. The summed E-state index contributed by atoms with van der Waals surface area (Å²) in [4.78, 5) is 24.3. The summed E-state index contributed by atoms with van der Waals surface area (Å²) in [5.41, 5.74) is -1.07. The highest BCUT2D eigenvalue weighted by Crippen LogP contribution is 2.35. The molecule has 2 N–H and O–H groups in total. The number of carbonyl (C=O) groups is 2. The number of hydrogen-bond donors (Lipinski definition) is 2. The topological polar surface area (TPSA) is 76.7 Å². The van der Waals surface area contributed by atoms with Crippen molar-refractivity contribution in [1.82, 2.24) is 5.32 Å². The molecule has 0 radical (unpaired) electrons. The Kier molecular flexibility index (Phi) is 7.19. The average Bonchev–Trinajstić information content (AvgIpc) is 3.15. The van der Waals surface area contributed by atoms with Crippen molar-refractivity contribution in [3.8, 4) is 5.75 Å². The molecule has 2 aromatic rings. The molecule has 0 aliphatic heterocycles. The van der Waals surface area contributed by atoms with Gasteiger partial charge in [0.2, 0.25) is 5.91 Å². The second-order valence-corrected chi connectivity index (χ2v) is 6.21. The number of nitrogens with one attached hydrogen (secondary N) is 2. The van der Waals surface area contributed by atoms with E-state index in [2.05, 4.69) is 10.6 Å². The smallest absolute Gasteiger partial charge is 0.416 e. The molecule has 0 spiro atoms. The predicted octanol–water partition coefficient (Wildman–Crippen LogP) is 3.16. The van der Waals surface area contributed by atoms with Gasteiger partial charge in [0.25, 0.3) is 5.91 Å². The van der Waals surface area contributed by atoms with Crippen LogP contribution in [0.2, 0.25) is 0 Å². The molecule has 0 atom stereocenters. The van der Waals surface area contributed by atoms with Gasteiger partial charge >= 0.3 is 6.18 Å². The van der Waals surface area contributed by atoms with Crippen LogP contribution in [-0.2, 0) is 15.7 Å². The van der Waals surface area contributed by atoms with Crippen LogP contribution in [0.5, 0.6) is 5.75 Å². The van der Waals surface area contributed by atoms with E-state index in [9.17, 15) is 22.8 Å². The number of carbonyl (C=O) groups excluding carboxylic acids is 2. The number of rotatable bonds is 8. The van der Waals surface area contributed by atoms with Crippen LogP contribution in [0.1, 0.15) is 15.2 Å². The largest absolute Gasteiger partial charge is 0.489 e. The van der Waals surface area contributed by atoms with Gasteiger partial charge in [0, 0.05) is 7.11 Å². The fraction of sp³-hybridized carbons (Fsp3) is 0.294. The number of benzene rings is 1. The first-order valence-corrected chi connectivity index (χ1v) is 8.63. The Morgan fingerprint density at radius 2 is 1.96 bits per heavy atom. The van der Waals surface area contributed by atoms with Gasteiger partial charge in [-0.2, -0.15) is 13.2 Å². The Labute approximate surface area is 157 Å². The maximum atomic E-state index is 12.9. The lowest BCUT2D eigenvalue weighted by Gasteiger charge is -2.15. The molecule has 0 aliphatic rings. The number of methoxy groups -OCH3 is 1. The minimum absolute atomic E-state index is 0.0676. The molecule has 6 nitrogen and oxygen atoms in total. The molecular formula is C17H17F3N2O4S. The summed E-state index contributed by atoms with van der Waals surface area (Å²) in [6.07, 6.45) is -4.57. The zero-order valence-electron chi connectivity index (χ0n) is 14.3. The van der Waals surface area contributed by atoms with E-state index in [1.54, 1.807) is 17.5 Å². The van der Waals surface area contributed by atoms with Gasteiger partial charge in [-0.05, 0) is 29.6 Å². The van der Waals surface area contributed by atoms with Gasteiger partial charge in [-0.1, -0.05) is 6.07 Å². The van der Waals surface area contributed by atoms with Gasteiger partial charge < -0.3 is 20.1 Å². The van der Waals surface area contributed by atoms with Crippen molar-refractivity contribution in [2.24, 2.45) is 0 Å². The lowest BCUT2D eigenvalue weighted by atomic mass is 10.1. The molecule has 0 bridgehead atoms. The monoisotopic (exact) mass is 402 g/mol. The van der Waals surface area contributed by atoms with Crippen molar-refractivity contribution in [2.45, 2.75) is 6.18 Å². The van der Waals surface area contributed by atoms with Crippen LogP contribution in [0, 0.1) is 0 Å². The fourth-order valence-corrected chi connectivity index (χ4v) is 2.65. The lowest BCUT2D eigenvalue weighted by molar-refractivity contribution is -0.137. The SMILES string of the molecule is COCCOc1ccc(C(F)(F)F)cc1NC(=O)CNC(=O)c1cccs1. The number of anilines is 1. The second kappa shape index (κ2) is 9.38. The summed E-state index contributed by atoms with van der Waals surface area (Å²) in [7, 11) is 1.45. The first-order valence-electron chi connectivity index (χ1n) is 7.76. The Bertz CT molecular complexity index is 779. The van der Waals surface area contributed by atoms with Gasteiger partial charge in [0.1, 0.15) is 12.4 Å². The molecule has 10 heteroatoms. The van der Waals surface area contributed by atoms with Crippen molar-refractivity contribution in [3.63, 3.8) is 0 Å². The third-order valence-corrected chi connectivity index (χ3v) is 4.15. The average molecular weight is 402 g/mol. The van der Waals surface area contributed by atoms with E-state index >= 15 is 0 Å². The molecule has 1 aromatic carbocycles. The number of alkyl halides is 3. The Morgan fingerprint density at radius 1 is 1.19 bits per heavy atom. The number of thiophene rings is 1. The number of halogens is 3. The summed E-state index contributed by atoms with van der Waals surface area (Å²) in [5.74, 6) is -1.06. The van der Waals surface area contributed by atoms with E-state index in [-0.39, 0.29) is 24.7 Å². The number of hydrogen-bond acceptors (Lipinski definition) is 5. The molecule has 0 aliphatic carbocycles. The third-order valence-electron chi connectivity index (χ3n) is 3.28. The lowest BCUT2D eigenvalue weighted by Crippen LogP contribution is -2.32. The molecule has 2 rings (SSSR count). The summed E-state index contributed by atoms with van der Waals surface area (Å²) in [6, 6.07) is 6.04. The van der Waals surface area contributed by atoms with E-state index in [1.165, 1.54) is 18.4 Å². The molecule has 146 valence electrons. The van der Waals surface area contributed by atoms with Crippen molar-refractivity contribution >= 4 is 28.8 Å². The molecule has 27 heavy (non-hydrogen) atoms. The summed E-state index contributed by atoms with van der Waals surface area (Å²) < 4.78 is 48.9. The maximum Gasteiger partial charge on any atom is 0.416 e. The van der Waals surface area contributed by atoms with E-state index < -0.39 is 30.1 Å². The van der Waals surface area contributed by atoms with Crippen LogP contribution >= 0.6 is 11.3 Å². The van der Waals surface area contributed by atoms with Crippen molar-refractivity contribution in [2.75, 3.05) is 32.2 Å². The molecular weight excluding hydrogens is 385 g/mol. The van der Waals surface area contributed by atoms with Gasteiger partial charge in [0.05, 0.1) is 29.3 Å². The minimum atomic E-state index is -4.57. The molecule has 0 saturated carbocycles. The van der Waals surface area contributed by atoms with Crippen LogP contribution in [0.25, 0.3) is 0 Å². The minimum Gasteiger partial charge on any atom is -0.489 e. The predicted molar refractivity (Wildman–Crippen MR) is 94.1 cm³/mol. The zero-order chi connectivity index (χ0) is 19.9. The summed E-state index contributed by atoms with van der Waals surface area (Å²) >= 11 is 1.20. The molecule has 0 fully saturated rings. The standard InChI is InChI=1S/C17H17F3N2O4S/c1-25-6-7-26-13-5-4-11(17(18,19)20)9-12(13)22-15(23)10-21-16(24)14-3-2-8-27-14/h2-5,8-9H,6-7,10H2,1H3,(H,21,24)(H,22,23). The van der Waals surface area contributed by atoms with Crippen LogP contribution in [0.3, 0.4) is 0 Å². The van der Waals surface area contributed by atoms with Gasteiger partial charge in [0.15, 0.2) is 0 Å². The molecule has 0 unspecified atom stereocenters. The first kappa shape index (κ1) is 20.7. The van der Waals surface area contributed by atoms with Crippen LogP contribution in [-0.4, -0.2) is 38.7 Å². The normalized spacial score (nSPS) is 11.1. The molecule has 0 saturated heterocycles. The number of ether oxygens (including phenoxy) is 2. The number of amides is 2. The Hall–Kier alpha value is -2.59. The maximum absolute atomic E-state index is 12.9. The van der Waals surface area contributed by atoms with Crippen LogP contribution < -0.4 is 15.4 Å². The van der Waals surface area contributed by atoms with Crippen LogP contribution in [0.15, 0.2) is 35.7 Å². The highest BCUT2D eigenvalue weighted by atomic mass is 32.1. The molecule has 1 aromatic heterocycles. The summed E-state index contributed by atoms with van der Waals surface area (Å²) in [5, 5.41) is 6.44. The Morgan fingerprint density at radius 3 is 2.59 bits per heavy atom. The third kappa shape index (κ3) is 6.26. The summed E-state index contributed by atoms with van der Waals surface area (Å²) in [6.45, 7) is -0.0738. The molecule has 1 heterocycles. The van der Waals surface area contributed by atoms with Gasteiger partial charge in [-0.25, -0.2) is 0 Å². The highest BCUT2D eigenvalue weighted by molar-refractivity contribution is 7.12. The fourth-order valence-electron chi connectivity index (χ4n) is 2.01. The highest BCUT2D eigenvalue weighted by Gasteiger charge is 2.31.